The number of hydrogen-bond donors (Lipinski definition) is 7. The maximum absolute atomic E-state index is 13.3. The van der Waals surface area contributed by atoms with Crippen LogP contribution in [0.5, 0.6) is 5.75 Å². The molecule has 0 saturated heterocycles. The summed E-state index contributed by atoms with van der Waals surface area (Å²) in [5.74, 6) is -1.22. The van der Waals surface area contributed by atoms with E-state index in [1.807, 2.05) is 0 Å². The van der Waals surface area contributed by atoms with E-state index in [2.05, 4.69) is 21.3 Å². The van der Waals surface area contributed by atoms with Gasteiger partial charge in [0, 0.05) is 30.4 Å². The van der Waals surface area contributed by atoms with Crippen LogP contribution < -0.4 is 37.5 Å². The molecule has 0 aromatic heterocycles. The number of nitrogens with two attached hydrogens (primary N) is 2. The minimum absolute atomic E-state index is 0.104. The topological polar surface area (TPSA) is 210 Å². The van der Waals surface area contributed by atoms with Crippen LogP contribution in [0.15, 0.2) is 18.2 Å². The predicted molar refractivity (Wildman–Crippen MR) is 150 cm³/mol. The third-order valence-electron chi connectivity index (χ3n) is 5.58. The number of aliphatic hydroxyl groups is 1. The second-order valence-corrected chi connectivity index (χ2v) is 9.74. The molecule has 1 aromatic rings. The molecule has 9 N–H and O–H groups in total. The molecule has 0 aliphatic rings. The minimum Gasteiger partial charge on any atom is -0.491 e. The van der Waals surface area contributed by atoms with E-state index in [-0.39, 0.29) is 44.5 Å². The van der Waals surface area contributed by atoms with E-state index < -0.39 is 29.9 Å². The second-order valence-electron chi connectivity index (χ2n) is 9.74. The van der Waals surface area contributed by atoms with E-state index in [0.717, 1.165) is 0 Å². The Kier molecular flexibility index (Phi) is 16.2. The lowest BCUT2D eigenvalue weighted by molar-refractivity contribution is -0.132. The van der Waals surface area contributed by atoms with Crippen LogP contribution in [0.1, 0.15) is 32.3 Å². The Hall–Kier alpha value is -3.46. The Morgan fingerprint density at radius 2 is 1.77 bits per heavy atom. The number of benzene rings is 1. The number of aliphatic hydroxyl groups excluding tert-OH is 1. The van der Waals surface area contributed by atoms with E-state index in [1.165, 1.54) is 0 Å². The molecule has 2 atom stereocenters. The number of urea groups is 1. The monoisotopic (exact) mass is 567 g/mol. The lowest BCUT2D eigenvalue weighted by atomic mass is 10.0. The number of likely N-dealkylation sites (N-methyl/N-ethyl adjacent to an activating group) is 1. The molecule has 0 aliphatic heterocycles. The number of amides is 5. The number of nitrogens with one attached hydrogen (secondary N) is 4. The molecule has 0 bridgehead atoms. The summed E-state index contributed by atoms with van der Waals surface area (Å²) in [6.45, 7) is 4.92. The van der Waals surface area contributed by atoms with Gasteiger partial charge in [0.25, 0.3) is 0 Å². The highest BCUT2D eigenvalue weighted by Gasteiger charge is 2.29. The maximum atomic E-state index is 13.3. The molecular formula is C26H45N7O7. The molecule has 0 spiro atoms. The Morgan fingerprint density at radius 3 is 2.38 bits per heavy atom. The number of ether oxygens (including phenoxy) is 2. The van der Waals surface area contributed by atoms with Gasteiger partial charge in [0.2, 0.25) is 17.7 Å². The Bertz CT molecular complexity index is 959. The van der Waals surface area contributed by atoms with Crippen molar-refractivity contribution in [3.63, 3.8) is 0 Å². The van der Waals surface area contributed by atoms with Crippen LogP contribution in [0, 0.1) is 5.92 Å². The molecule has 0 aliphatic carbocycles. The van der Waals surface area contributed by atoms with E-state index in [9.17, 15) is 24.3 Å². The van der Waals surface area contributed by atoms with E-state index in [4.69, 9.17) is 20.9 Å². The summed E-state index contributed by atoms with van der Waals surface area (Å²) in [6.07, 6.45) is 0.534. The van der Waals surface area contributed by atoms with Gasteiger partial charge in [-0.25, -0.2) is 4.79 Å². The summed E-state index contributed by atoms with van der Waals surface area (Å²) >= 11 is 0. The van der Waals surface area contributed by atoms with Gasteiger partial charge < -0.3 is 52.2 Å². The van der Waals surface area contributed by atoms with Gasteiger partial charge in [0.1, 0.15) is 24.4 Å². The summed E-state index contributed by atoms with van der Waals surface area (Å²) in [7, 11) is 3.48. The highest BCUT2D eigenvalue weighted by Crippen LogP contribution is 2.24. The van der Waals surface area contributed by atoms with Crippen LogP contribution in [-0.4, -0.2) is 99.4 Å². The Morgan fingerprint density at radius 1 is 1.05 bits per heavy atom. The van der Waals surface area contributed by atoms with Gasteiger partial charge in [-0.15, -0.1) is 0 Å². The van der Waals surface area contributed by atoms with E-state index in [0.29, 0.717) is 43.2 Å². The molecule has 0 saturated carbocycles. The van der Waals surface area contributed by atoms with Crippen molar-refractivity contribution in [2.75, 3.05) is 58.9 Å². The van der Waals surface area contributed by atoms with Gasteiger partial charge in [-0.3, -0.25) is 14.4 Å². The highest BCUT2D eigenvalue weighted by molar-refractivity contribution is 5.98. The SMILES string of the molecule is CC(C)[C@H](NC(=O)CN(C)C)C(=O)N[C@@H](CCCNC(N)=O)C(=O)Nc1ccc(CO)c(OCCOCCN)c1. The predicted octanol–water partition coefficient (Wildman–Crippen LogP) is -0.893. The number of anilines is 1. The zero-order valence-electron chi connectivity index (χ0n) is 23.8. The van der Waals surface area contributed by atoms with Crippen LogP contribution in [-0.2, 0) is 25.7 Å². The molecule has 0 heterocycles. The lowest BCUT2D eigenvalue weighted by Crippen LogP contribution is -2.55. The Balaban J connectivity index is 3.02. The largest absolute Gasteiger partial charge is 0.491 e. The first kappa shape index (κ1) is 34.6. The lowest BCUT2D eigenvalue weighted by Gasteiger charge is -2.26. The van der Waals surface area contributed by atoms with Gasteiger partial charge in [-0.05, 0) is 38.9 Å². The zero-order valence-corrected chi connectivity index (χ0v) is 23.8. The van der Waals surface area contributed by atoms with Crippen molar-refractivity contribution < 1.29 is 33.8 Å². The normalized spacial score (nSPS) is 12.5. The number of carbonyl (C=O) groups excluding carboxylic acids is 4. The smallest absolute Gasteiger partial charge is 0.312 e. The third kappa shape index (κ3) is 13.6. The van der Waals surface area contributed by atoms with Crippen molar-refractivity contribution >= 4 is 29.4 Å². The average Bonchev–Trinajstić information content (AvgIpc) is 2.88. The van der Waals surface area contributed by atoms with E-state index >= 15 is 0 Å². The number of rotatable bonds is 19. The van der Waals surface area contributed by atoms with Crippen molar-refractivity contribution in [2.24, 2.45) is 17.4 Å². The molecule has 0 fully saturated rings. The van der Waals surface area contributed by atoms with Crippen molar-refractivity contribution in [2.45, 2.75) is 45.4 Å². The third-order valence-corrected chi connectivity index (χ3v) is 5.58. The van der Waals surface area contributed by atoms with Crippen molar-refractivity contribution in [1.29, 1.82) is 0 Å². The molecule has 5 amide bonds. The molecule has 1 aromatic carbocycles. The summed E-state index contributed by atoms with van der Waals surface area (Å²) in [5, 5.41) is 20.3. The van der Waals surface area contributed by atoms with E-state index in [1.54, 1.807) is 51.0 Å². The van der Waals surface area contributed by atoms with Crippen molar-refractivity contribution in [1.82, 2.24) is 20.9 Å². The fraction of sp³-hybridized carbons (Fsp3) is 0.615. The number of primary amides is 1. The molecular weight excluding hydrogens is 522 g/mol. The molecule has 0 unspecified atom stereocenters. The van der Waals surface area contributed by atoms with Gasteiger partial charge in [0.15, 0.2) is 0 Å². The summed E-state index contributed by atoms with van der Waals surface area (Å²) in [6, 6.07) is 2.24. The fourth-order valence-electron chi connectivity index (χ4n) is 3.61. The molecule has 14 heteroatoms. The first-order valence-corrected chi connectivity index (χ1v) is 13.2. The van der Waals surface area contributed by atoms with Gasteiger partial charge in [-0.2, -0.15) is 0 Å². The number of hydrogen-bond acceptors (Lipinski definition) is 9. The molecule has 14 nitrogen and oxygen atoms in total. The van der Waals surface area contributed by atoms with Crippen LogP contribution in [0.25, 0.3) is 0 Å². The zero-order chi connectivity index (χ0) is 30.1. The average molecular weight is 568 g/mol. The number of nitrogens with zero attached hydrogens (tertiary/aromatic N) is 1. The van der Waals surface area contributed by atoms with Crippen LogP contribution in [0.2, 0.25) is 0 Å². The first-order valence-electron chi connectivity index (χ1n) is 13.2. The standard InChI is InChI=1S/C26H45N7O7/c1-17(2)23(32-22(35)15-33(3)4)25(37)31-20(6-5-10-29-26(28)38)24(36)30-19-8-7-18(16-34)21(14-19)40-13-12-39-11-9-27/h7-8,14,17,20,23,34H,5-6,9-13,15-16,27H2,1-4H3,(H,30,36)(H,31,37)(H,32,35)(H3,28,29,38)/t20-,23-/m0/s1. The summed E-state index contributed by atoms with van der Waals surface area (Å²) < 4.78 is 11.0. The van der Waals surface area contributed by atoms with Crippen LogP contribution in [0.4, 0.5) is 10.5 Å². The van der Waals surface area contributed by atoms with Crippen molar-refractivity contribution in [3.8, 4) is 5.75 Å². The highest BCUT2D eigenvalue weighted by atomic mass is 16.5. The Labute approximate surface area is 235 Å². The molecule has 40 heavy (non-hydrogen) atoms. The fourth-order valence-corrected chi connectivity index (χ4v) is 3.61. The molecule has 0 radical (unpaired) electrons. The van der Waals surface area contributed by atoms with Gasteiger partial charge in [0.05, 0.1) is 26.4 Å². The molecule has 1 rings (SSSR count). The summed E-state index contributed by atoms with van der Waals surface area (Å²) in [4.78, 5) is 51.5. The van der Waals surface area contributed by atoms with Gasteiger partial charge >= 0.3 is 6.03 Å². The second kappa shape index (κ2) is 18.8. The summed E-state index contributed by atoms with van der Waals surface area (Å²) in [5.41, 5.74) is 11.4. The minimum atomic E-state index is -0.985. The van der Waals surface area contributed by atoms with Crippen molar-refractivity contribution in [3.05, 3.63) is 23.8 Å². The maximum Gasteiger partial charge on any atom is 0.312 e. The first-order chi connectivity index (χ1) is 19.0. The number of carbonyl (C=O) groups is 4. The van der Waals surface area contributed by atoms with Crippen LogP contribution in [0.3, 0.4) is 0 Å². The molecule has 226 valence electrons. The van der Waals surface area contributed by atoms with Crippen LogP contribution >= 0.6 is 0 Å². The quantitative estimate of drug-likeness (QED) is 0.103. The van der Waals surface area contributed by atoms with Gasteiger partial charge in [-0.1, -0.05) is 19.9 Å².